The van der Waals surface area contributed by atoms with E-state index in [1.54, 1.807) is 4.90 Å². The minimum atomic E-state index is -3.19. The largest absolute Gasteiger partial charge is 0.444 e. The van der Waals surface area contributed by atoms with Crippen LogP contribution in [0.2, 0.25) is 0 Å². The zero-order chi connectivity index (χ0) is 18.8. The van der Waals surface area contributed by atoms with Crippen LogP contribution < -0.4 is 0 Å². The molecule has 0 atom stereocenters. The van der Waals surface area contributed by atoms with Gasteiger partial charge in [-0.2, -0.15) is 0 Å². The Kier molecular flexibility index (Phi) is 10.1. The molecule has 0 spiro atoms. The van der Waals surface area contributed by atoms with E-state index in [0.717, 1.165) is 45.0 Å². The molecule has 0 saturated carbocycles. The van der Waals surface area contributed by atoms with Crippen molar-refractivity contribution in [2.45, 2.75) is 52.1 Å². The highest BCUT2D eigenvalue weighted by molar-refractivity contribution is 8.13. The molecule has 0 bridgehead atoms. The number of azide groups is 1. The van der Waals surface area contributed by atoms with Crippen LogP contribution in [0.25, 0.3) is 10.4 Å². The first-order valence-corrected chi connectivity index (χ1v) is 10.5. The predicted molar refractivity (Wildman–Crippen MR) is 94.5 cm³/mol. The molecule has 0 unspecified atom stereocenters. The molecule has 0 aromatic rings. The van der Waals surface area contributed by atoms with E-state index in [9.17, 15) is 13.2 Å². The van der Waals surface area contributed by atoms with E-state index >= 15 is 0 Å². The molecule has 140 valence electrons. The van der Waals surface area contributed by atoms with Crippen LogP contribution in [0.3, 0.4) is 0 Å². The van der Waals surface area contributed by atoms with Gasteiger partial charge in [0.25, 0.3) is 0 Å². The second kappa shape index (κ2) is 10.6. The Balaban J connectivity index is 0.000000922. The maximum atomic E-state index is 11.9. The summed E-state index contributed by atoms with van der Waals surface area (Å²) in [5, 5.41) is 3.54. The summed E-state index contributed by atoms with van der Waals surface area (Å²) in [5.74, 6) is 0.632. The van der Waals surface area contributed by atoms with Crippen LogP contribution in [0.1, 0.15) is 46.5 Å². The number of likely N-dealkylation sites (tertiary alicyclic amines) is 1. The first-order chi connectivity index (χ1) is 10.9. The van der Waals surface area contributed by atoms with Crippen molar-refractivity contribution in [3.05, 3.63) is 10.4 Å². The summed E-state index contributed by atoms with van der Waals surface area (Å²) in [6.45, 7) is 7.75. The Hall–Kier alpha value is -1.18. The zero-order valence-electron chi connectivity index (χ0n) is 14.7. The first-order valence-electron chi connectivity index (χ1n) is 7.81. The van der Waals surface area contributed by atoms with Crippen LogP contribution in [0.15, 0.2) is 5.11 Å². The van der Waals surface area contributed by atoms with Gasteiger partial charge in [0.1, 0.15) is 5.60 Å². The maximum Gasteiger partial charge on any atom is 0.410 e. The molecule has 1 saturated heterocycles. The standard InChI is InChI=1S/C13H24N4O2.CH3ClO2S/c1-13(2,3)19-12(18)17-9-6-11(7-10-17)5-4-8-15-16-14;1-5(2,3)4/h11H,4-10H2,1-3H3;1H3. The SMILES string of the molecule is CC(C)(C)OC(=O)N1CCC(CCCN=[N+]=[N-])CC1.CS(=O)(=O)Cl. The number of amides is 1. The Morgan fingerprint density at radius 3 is 2.29 bits per heavy atom. The lowest BCUT2D eigenvalue weighted by Crippen LogP contribution is -2.41. The van der Waals surface area contributed by atoms with Gasteiger partial charge in [-0.1, -0.05) is 11.5 Å². The van der Waals surface area contributed by atoms with E-state index in [2.05, 4.69) is 20.7 Å². The van der Waals surface area contributed by atoms with Gasteiger partial charge in [-0.15, -0.1) is 0 Å². The number of piperidine rings is 1. The molecule has 10 heteroatoms. The number of nitrogens with zero attached hydrogens (tertiary/aromatic N) is 4. The Bertz CT molecular complexity index is 525. The van der Waals surface area contributed by atoms with E-state index in [0.29, 0.717) is 12.5 Å². The van der Waals surface area contributed by atoms with Gasteiger partial charge in [-0.3, -0.25) is 0 Å². The van der Waals surface area contributed by atoms with E-state index in [1.807, 2.05) is 20.8 Å². The summed E-state index contributed by atoms with van der Waals surface area (Å²) in [7, 11) is 1.31. The van der Waals surface area contributed by atoms with Gasteiger partial charge in [0.15, 0.2) is 0 Å². The summed E-state index contributed by atoms with van der Waals surface area (Å²) in [4.78, 5) is 16.4. The molecular formula is C14H27ClN4O4S. The molecule has 1 aliphatic heterocycles. The summed E-state index contributed by atoms with van der Waals surface area (Å²) in [6.07, 6.45) is 4.74. The second-order valence-corrected chi connectivity index (χ2v) is 9.73. The minimum absolute atomic E-state index is 0.208. The van der Waals surface area contributed by atoms with Gasteiger partial charge in [0.05, 0.1) is 6.26 Å². The van der Waals surface area contributed by atoms with Gasteiger partial charge in [-0.25, -0.2) is 13.2 Å². The fourth-order valence-corrected chi connectivity index (χ4v) is 2.23. The summed E-state index contributed by atoms with van der Waals surface area (Å²) >= 11 is 0. The van der Waals surface area contributed by atoms with Crippen LogP contribution in [-0.2, 0) is 13.8 Å². The lowest BCUT2D eigenvalue weighted by Gasteiger charge is -2.33. The number of carbonyl (C=O) groups is 1. The molecule has 1 rings (SSSR count). The Morgan fingerprint density at radius 2 is 1.88 bits per heavy atom. The highest BCUT2D eigenvalue weighted by Crippen LogP contribution is 2.23. The summed E-state index contributed by atoms with van der Waals surface area (Å²) < 4.78 is 24.2. The molecule has 24 heavy (non-hydrogen) atoms. The number of hydrogen-bond donors (Lipinski definition) is 0. The van der Waals surface area contributed by atoms with Crippen molar-refractivity contribution in [2.75, 3.05) is 25.9 Å². The molecule has 1 aliphatic rings. The third-order valence-electron chi connectivity index (χ3n) is 3.20. The molecule has 0 aliphatic carbocycles. The van der Waals surface area contributed by atoms with Crippen molar-refractivity contribution in [3.8, 4) is 0 Å². The lowest BCUT2D eigenvalue weighted by atomic mass is 9.92. The van der Waals surface area contributed by atoms with Crippen molar-refractivity contribution in [2.24, 2.45) is 11.0 Å². The van der Waals surface area contributed by atoms with E-state index < -0.39 is 14.7 Å². The number of halogens is 1. The van der Waals surface area contributed by atoms with Crippen molar-refractivity contribution < 1.29 is 17.9 Å². The second-order valence-electron chi connectivity index (χ2n) is 6.69. The van der Waals surface area contributed by atoms with Crippen molar-refractivity contribution in [3.63, 3.8) is 0 Å². The molecule has 8 nitrogen and oxygen atoms in total. The van der Waals surface area contributed by atoms with Gasteiger partial charge in [0, 0.05) is 35.2 Å². The van der Waals surface area contributed by atoms with E-state index in [-0.39, 0.29) is 6.09 Å². The smallest absolute Gasteiger partial charge is 0.410 e. The Labute approximate surface area is 148 Å². The molecule has 0 radical (unpaired) electrons. The number of rotatable bonds is 4. The Morgan fingerprint density at radius 1 is 1.38 bits per heavy atom. The average molecular weight is 383 g/mol. The van der Waals surface area contributed by atoms with Crippen molar-refractivity contribution in [1.29, 1.82) is 0 Å². The van der Waals surface area contributed by atoms with Gasteiger partial charge in [-0.05, 0) is 51.5 Å². The predicted octanol–water partition coefficient (Wildman–Crippen LogP) is 3.91. The van der Waals surface area contributed by atoms with E-state index in [4.69, 9.17) is 10.3 Å². The van der Waals surface area contributed by atoms with E-state index in [1.165, 1.54) is 0 Å². The average Bonchev–Trinajstić information content (AvgIpc) is 2.40. The third-order valence-corrected chi connectivity index (χ3v) is 3.20. The topological polar surface area (TPSA) is 112 Å². The van der Waals surface area contributed by atoms with Gasteiger partial charge in [0.2, 0.25) is 9.05 Å². The van der Waals surface area contributed by atoms with Crippen LogP contribution in [0.4, 0.5) is 4.79 Å². The van der Waals surface area contributed by atoms with Crippen molar-refractivity contribution >= 4 is 25.8 Å². The minimum Gasteiger partial charge on any atom is -0.444 e. The van der Waals surface area contributed by atoms with Crippen molar-refractivity contribution in [1.82, 2.24) is 4.90 Å². The normalized spacial score (nSPS) is 15.8. The molecule has 1 fully saturated rings. The molecule has 0 N–H and O–H groups in total. The highest BCUT2D eigenvalue weighted by atomic mass is 35.7. The summed E-state index contributed by atoms with van der Waals surface area (Å²) in [5.41, 5.74) is 7.76. The van der Waals surface area contributed by atoms with Gasteiger partial charge < -0.3 is 9.64 Å². The molecule has 0 aromatic carbocycles. The first kappa shape index (κ1) is 22.8. The monoisotopic (exact) mass is 382 g/mol. The lowest BCUT2D eigenvalue weighted by molar-refractivity contribution is 0.0181. The fraction of sp³-hybridized carbons (Fsp3) is 0.929. The number of ether oxygens (including phenoxy) is 1. The highest BCUT2D eigenvalue weighted by Gasteiger charge is 2.26. The molecular weight excluding hydrogens is 356 g/mol. The van der Waals surface area contributed by atoms with Crippen LogP contribution in [0, 0.1) is 5.92 Å². The maximum absolute atomic E-state index is 11.9. The zero-order valence-corrected chi connectivity index (χ0v) is 16.3. The number of carbonyl (C=O) groups excluding carboxylic acids is 1. The molecule has 1 amide bonds. The van der Waals surface area contributed by atoms with Crippen LogP contribution >= 0.6 is 10.7 Å². The quantitative estimate of drug-likeness (QED) is 0.241. The van der Waals surface area contributed by atoms with Crippen LogP contribution in [0.5, 0.6) is 0 Å². The molecule has 1 heterocycles. The number of hydrogen-bond acceptors (Lipinski definition) is 5. The third kappa shape index (κ3) is 14.4. The summed E-state index contributed by atoms with van der Waals surface area (Å²) in [6, 6.07) is 0. The van der Waals surface area contributed by atoms with Gasteiger partial charge >= 0.3 is 6.09 Å². The van der Waals surface area contributed by atoms with Crippen LogP contribution in [-0.4, -0.2) is 50.9 Å². The molecule has 0 aromatic heterocycles. The fourth-order valence-electron chi connectivity index (χ4n) is 2.23.